The van der Waals surface area contributed by atoms with E-state index in [1.165, 1.54) is 0 Å². The van der Waals surface area contributed by atoms with Crippen LogP contribution >= 0.6 is 12.4 Å². The number of hydrogen-bond donors (Lipinski definition) is 2. The van der Waals surface area contributed by atoms with Crippen LogP contribution in [0.5, 0.6) is 0 Å². The van der Waals surface area contributed by atoms with Crippen molar-refractivity contribution in [1.29, 1.82) is 0 Å². The van der Waals surface area contributed by atoms with Crippen molar-refractivity contribution < 1.29 is 21.6 Å². The fraction of sp³-hybridized carbons (Fsp3) is 0.538. The Morgan fingerprint density at radius 1 is 1.27 bits per heavy atom. The summed E-state index contributed by atoms with van der Waals surface area (Å²) in [5.41, 5.74) is 4.60. The Hall–Kier alpha value is -0.830. The Morgan fingerprint density at radius 2 is 1.95 bits per heavy atom. The van der Waals surface area contributed by atoms with Crippen LogP contribution < -0.4 is 10.5 Å². The average molecular weight is 359 g/mol. The minimum Gasteiger partial charge on any atom is -0.330 e. The molecule has 2 unspecified atom stereocenters. The van der Waals surface area contributed by atoms with E-state index in [0.29, 0.717) is 19.0 Å². The average Bonchev–Trinajstić information content (AvgIpc) is 2.84. The largest absolute Gasteiger partial charge is 0.416 e. The summed E-state index contributed by atoms with van der Waals surface area (Å²) in [5.74, 6) is 0.0329. The van der Waals surface area contributed by atoms with Gasteiger partial charge in [0.15, 0.2) is 0 Å². The zero-order valence-corrected chi connectivity index (χ0v) is 13.3. The molecule has 2 rings (SSSR count). The van der Waals surface area contributed by atoms with Crippen LogP contribution in [0.15, 0.2) is 29.2 Å². The molecule has 0 bridgehead atoms. The van der Waals surface area contributed by atoms with Gasteiger partial charge in [-0.15, -0.1) is 12.4 Å². The van der Waals surface area contributed by atoms with Crippen LogP contribution in [0.25, 0.3) is 0 Å². The lowest BCUT2D eigenvalue weighted by molar-refractivity contribution is -0.137. The van der Waals surface area contributed by atoms with Crippen LogP contribution in [0.2, 0.25) is 0 Å². The number of nitrogens with two attached hydrogens (primary N) is 1. The highest BCUT2D eigenvalue weighted by atomic mass is 35.5. The van der Waals surface area contributed by atoms with Crippen LogP contribution in [0.4, 0.5) is 13.2 Å². The minimum absolute atomic E-state index is 0. The van der Waals surface area contributed by atoms with Gasteiger partial charge in [-0.25, -0.2) is 13.1 Å². The zero-order chi connectivity index (χ0) is 15.7. The lowest BCUT2D eigenvalue weighted by atomic mass is 10.1. The maximum atomic E-state index is 12.6. The number of rotatable bonds is 4. The van der Waals surface area contributed by atoms with E-state index in [-0.39, 0.29) is 29.3 Å². The van der Waals surface area contributed by atoms with Crippen LogP contribution in [0, 0.1) is 5.92 Å². The third-order valence-corrected chi connectivity index (χ3v) is 5.23. The lowest BCUT2D eigenvalue weighted by Crippen LogP contribution is -2.39. The summed E-state index contributed by atoms with van der Waals surface area (Å²) in [7, 11) is -3.98. The maximum Gasteiger partial charge on any atom is 0.416 e. The molecule has 1 aromatic rings. The van der Waals surface area contributed by atoms with E-state index in [2.05, 4.69) is 4.72 Å². The summed E-state index contributed by atoms with van der Waals surface area (Å²) >= 11 is 0. The van der Waals surface area contributed by atoms with Gasteiger partial charge in [0.25, 0.3) is 0 Å². The summed E-state index contributed by atoms with van der Waals surface area (Å²) in [6, 6.07) is 3.43. The van der Waals surface area contributed by atoms with Crippen LogP contribution in [-0.2, 0) is 16.2 Å². The van der Waals surface area contributed by atoms with Gasteiger partial charge in [-0.2, -0.15) is 13.2 Å². The van der Waals surface area contributed by atoms with Gasteiger partial charge in [0, 0.05) is 6.04 Å². The van der Waals surface area contributed by atoms with Gasteiger partial charge in [-0.05, 0) is 43.5 Å². The number of sulfonamides is 1. The number of nitrogens with one attached hydrogen (secondary N) is 1. The molecule has 1 aromatic carbocycles. The number of halogens is 4. The van der Waals surface area contributed by atoms with Crippen LogP contribution in [0.1, 0.15) is 24.8 Å². The third-order valence-electron chi connectivity index (χ3n) is 3.74. The number of alkyl halides is 3. The van der Waals surface area contributed by atoms with Gasteiger partial charge in [0.05, 0.1) is 10.5 Å². The second kappa shape index (κ2) is 7.16. The molecule has 9 heteroatoms. The molecule has 0 amide bonds. The second-order valence-corrected chi connectivity index (χ2v) is 6.89. The van der Waals surface area contributed by atoms with E-state index in [4.69, 9.17) is 5.73 Å². The highest BCUT2D eigenvalue weighted by molar-refractivity contribution is 7.89. The Kier molecular flexibility index (Phi) is 6.26. The number of hydrogen-bond acceptors (Lipinski definition) is 3. The molecule has 1 aliphatic carbocycles. The van der Waals surface area contributed by atoms with E-state index in [1.807, 2.05) is 0 Å². The van der Waals surface area contributed by atoms with Crippen LogP contribution in [0.3, 0.4) is 0 Å². The molecule has 0 radical (unpaired) electrons. The quantitative estimate of drug-likeness (QED) is 0.868. The monoisotopic (exact) mass is 358 g/mol. The summed E-state index contributed by atoms with van der Waals surface area (Å²) in [6.45, 7) is 0.357. The Balaban J connectivity index is 0.00000242. The highest BCUT2D eigenvalue weighted by Gasteiger charge is 2.33. The predicted molar refractivity (Wildman–Crippen MR) is 79.2 cm³/mol. The van der Waals surface area contributed by atoms with Crippen molar-refractivity contribution in [1.82, 2.24) is 4.72 Å². The molecule has 0 aromatic heterocycles. The molecule has 22 heavy (non-hydrogen) atoms. The molecule has 1 fully saturated rings. The second-order valence-electron chi connectivity index (χ2n) is 5.18. The predicted octanol–water partition coefficient (Wildman–Crippen LogP) is 2.53. The SMILES string of the molecule is Cl.NCC1CCCC1NS(=O)(=O)c1cccc(C(F)(F)F)c1. The molecule has 4 nitrogen and oxygen atoms in total. The Bertz CT molecular complexity index is 608. The van der Waals surface area contributed by atoms with Crippen molar-refractivity contribution in [2.45, 2.75) is 36.4 Å². The highest BCUT2D eigenvalue weighted by Crippen LogP contribution is 2.31. The van der Waals surface area contributed by atoms with E-state index in [1.54, 1.807) is 0 Å². The fourth-order valence-electron chi connectivity index (χ4n) is 2.58. The van der Waals surface area contributed by atoms with Crippen molar-refractivity contribution in [3.63, 3.8) is 0 Å². The molecule has 126 valence electrons. The molecule has 1 saturated carbocycles. The standard InChI is InChI=1S/C13H17F3N2O2S.ClH/c14-13(15,16)10-4-2-5-11(7-10)21(19,20)18-12-6-1-3-9(12)8-17;/h2,4-5,7,9,12,18H,1,3,6,8,17H2;1H. The Morgan fingerprint density at radius 3 is 2.55 bits per heavy atom. The fourth-order valence-corrected chi connectivity index (χ4v) is 3.97. The first-order valence-corrected chi connectivity index (χ1v) is 8.12. The molecular weight excluding hydrogens is 341 g/mol. The normalized spacial score (nSPS) is 22.4. The molecule has 0 heterocycles. The number of benzene rings is 1. The van der Waals surface area contributed by atoms with Crippen molar-refractivity contribution in [3.05, 3.63) is 29.8 Å². The van der Waals surface area contributed by atoms with Crippen molar-refractivity contribution in [2.75, 3.05) is 6.54 Å². The first kappa shape index (κ1) is 19.2. The van der Waals surface area contributed by atoms with Gasteiger partial charge in [-0.3, -0.25) is 0 Å². The molecule has 1 aliphatic rings. The van der Waals surface area contributed by atoms with E-state index in [0.717, 1.165) is 31.0 Å². The van der Waals surface area contributed by atoms with Gasteiger partial charge in [0.1, 0.15) is 0 Å². The topological polar surface area (TPSA) is 72.2 Å². The summed E-state index contributed by atoms with van der Waals surface area (Å²) in [4.78, 5) is -0.375. The zero-order valence-electron chi connectivity index (χ0n) is 11.6. The maximum absolute atomic E-state index is 12.6. The van der Waals surface area contributed by atoms with Gasteiger partial charge >= 0.3 is 6.18 Å². The Labute approximate surface area is 133 Å². The van der Waals surface area contributed by atoms with E-state index >= 15 is 0 Å². The van der Waals surface area contributed by atoms with Gasteiger partial charge in [-0.1, -0.05) is 12.5 Å². The minimum atomic E-state index is -4.57. The van der Waals surface area contributed by atoms with Crippen molar-refractivity contribution >= 4 is 22.4 Å². The third kappa shape index (κ3) is 4.34. The molecule has 2 atom stereocenters. The lowest BCUT2D eigenvalue weighted by Gasteiger charge is -2.19. The van der Waals surface area contributed by atoms with Gasteiger partial charge in [0.2, 0.25) is 10.0 Å². The summed E-state index contributed by atoms with van der Waals surface area (Å²) < 4.78 is 64.8. The summed E-state index contributed by atoms with van der Waals surface area (Å²) in [6.07, 6.45) is -2.23. The first-order chi connectivity index (χ1) is 9.74. The van der Waals surface area contributed by atoms with Gasteiger partial charge < -0.3 is 5.73 Å². The molecular formula is C13H18ClF3N2O2S. The van der Waals surface area contributed by atoms with Crippen molar-refractivity contribution in [3.8, 4) is 0 Å². The molecule has 0 spiro atoms. The van der Waals surface area contributed by atoms with Crippen molar-refractivity contribution in [2.24, 2.45) is 11.7 Å². The molecule has 0 aliphatic heterocycles. The van der Waals surface area contributed by atoms with E-state index < -0.39 is 21.8 Å². The summed E-state index contributed by atoms with van der Waals surface area (Å²) in [5, 5.41) is 0. The smallest absolute Gasteiger partial charge is 0.330 e. The van der Waals surface area contributed by atoms with Crippen LogP contribution in [-0.4, -0.2) is 21.0 Å². The molecule has 0 saturated heterocycles. The first-order valence-electron chi connectivity index (χ1n) is 6.63. The molecule has 3 N–H and O–H groups in total. The van der Waals surface area contributed by atoms with E-state index in [9.17, 15) is 21.6 Å².